The Hall–Kier alpha value is -7.08. The lowest BCUT2D eigenvalue weighted by molar-refractivity contribution is -0.132. The van der Waals surface area contributed by atoms with E-state index in [1.54, 1.807) is 97.1 Å². The lowest BCUT2D eigenvalue weighted by Gasteiger charge is -2.33. The highest BCUT2D eigenvalue weighted by molar-refractivity contribution is 5.86. The van der Waals surface area contributed by atoms with E-state index in [1.165, 1.54) is 24.3 Å². The highest BCUT2D eigenvalue weighted by Crippen LogP contribution is 2.28. The highest BCUT2D eigenvalue weighted by Gasteiger charge is 2.36. The quantitative estimate of drug-likeness (QED) is 0.0711. The van der Waals surface area contributed by atoms with Crippen LogP contribution in [0.4, 0.5) is 0 Å². The van der Waals surface area contributed by atoms with E-state index in [4.69, 9.17) is 39.4 Å². The molecule has 4 aromatic rings. The van der Waals surface area contributed by atoms with Crippen molar-refractivity contribution in [3.8, 4) is 23.0 Å². The average Bonchev–Trinajstić information content (AvgIpc) is 3.15. The van der Waals surface area contributed by atoms with Crippen LogP contribution >= 0.6 is 0 Å². The number of ether oxygens (including phenoxy) is 4. The minimum Gasteiger partial charge on any atom is -0.493 e. The fourth-order valence-electron chi connectivity index (χ4n) is 4.57. The molecule has 0 aliphatic carbocycles. The summed E-state index contributed by atoms with van der Waals surface area (Å²) < 4.78 is 25.1. The molecule has 4 N–H and O–H groups in total. The zero-order valence-electron chi connectivity index (χ0n) is 28.2. The summed E-state index contributed by atoms with van der Waals surface area (Å²) in [7, 11) is 0. The lowest BCUT2D eigenvalue weighted by Crippen LogP contribution is -2.45. The maximum Gasteiger partial charge on any atom is 0.328 e. The summed E-state index contributed by atoms with van der Waals surface area (Å²) >= 11 is 0. The van der Waals surface area contributed by atoms with Crippen LogP contribution in [0.2, 0.25) is 0 Å². The molecule has 53 heavy (non-hydrogen) atoms. The van der Waals surface area contributed by atoms with Crippen molar-refractivity contribution in [3.63, 3.8) is 0 Å². The second-order valence-corrected chi connectivity index (χ2v) is 11.6. The van der Waals surface area contributed by atoms with Gasteiger partial charge in [-0.2, -0.15) is 0 Å². The summed E-state index contributed by atoms with van der Waals surface area (Å²) in [4.78, 5) is 43.7. The van der Waals surface area contributed by atoms with Crippen molar-refractivity contribution < 1.29 is 58.6 Å². The Bertz CT molecular complexity index is 1660. The third-order valence-electron chi connectivity index (χ3n) is 7.37. The Morgan fingerprint density at radius 2 is 0.566 bits per heavy atom. The van der Waals surface area contributed by atoms with E-state index in [0.29, 0.717) is 45.3 Å². The molecule has 12 heteroatoms. The van der Waals surface area contributed by atoms with Gasteiger partial charge in [0.25, 0.3) is 0 Å². The Labute approximate surface area is 304 Å². The van der Waals surface area contributed by atoms with E-state index in [2.05, 4.69) is 0 Å². The van der Waals surface area contributed by atoms with E-state index >= 15 is 0 Å². The van der Waals surface area contributed by atoms with E-state index in [-0.39, 0.29) is 26.4 Å². The normalized spacial score (nSPS) is 11.6. The molecule has 0 spiro atoms. The largest absolute Gasteiger partial charge is 0.493 e. The number of hydrogen-bond donors (Lipinski definition) is 4. The second kappa shape index (κ2) is 19.3. The van der Waals surface area contributed by atoms with Gasteiger partial charge in [0.15, 0.2) is 0 Å². The molecule has 0 amide bonds. The number of benzene rings is 4. The van der Waals surface area contributed by atoms with E-state index in [1.807, 2.05) is 0 Å². The van der Waals surface area contributed by atoms with Crippen molar-refractivity contribution in [2.45, 2.75) is 0 Å². The van der Waals surface area contributed by atoms with Crippen molar-refractivity contribution in [2.75, 3.05) is 26.4 Å². The summed E-state index contributed by atoms with van der Waals surface area (Å²) in [6.07, 6.45) is 9.97. The van der Waals surface area contributed by atoms with Gasteiger partial charge in [-0.05, 0) is 95.1 Å². The van der Waals surface area contributed by atoms with E-state index in [9.17, 15) is 19.2 Å². The molecule has 0 bridgehead atoms. The highest BCUT2D eigenvalue weighted by atomic mass is 16.5. The zero-order chi connectivity index (χ0) is 38.1. The maximum absolute atomic E-state index is 10.9. The van der Waals surface area contributed by atoms with Gasteiger partial charge in [0.2, 0.25) is 0 Å². The van der Waals surface area contributed by atoms with Crippen molar-refractivity contribution >= 4 is 48.2 Å². The summed E-state index contributed by atoms with van der Waals surface area (Å²) in [6, 6.07) is 27.3. The summed E-state index contributed by atoms with van der Waals surface area (Å²) in [5.74, 6) is -2.33. The van der Waals surface area contributed by atoms with Gasteiger partial charge in [-0.3, -0.25) is 0 Å². The van der Waals surface area contributed by atoms with Crippen LogP contribution in [0.25, 0.3) is 24.3 Å². The Morgan fingerprint density at radius 1 is 0.377 bits per heavy atom. The first-order chi connectivity index (χ1) is 25.5. The molecule has 0 saturated carbocycles. The van der Waals surface area contributed by atoms with E-state index in [0.717, 1.165) is 24.3 Å². The van der Waals surface area contributed by atoms with Crippen molar-refractivity contribution in [3.05, 3.63) is 144 Å². The number of carboxylic acids is 4. The van der Waals surface area contributed by atoms with Crippen molar-refractivity contribution in [1.29, 1.82) is 0 Å². The number of rotatable bonds is 20. The van der Waals surface area contributed by atoms with Gasteiger partial charge in [-0.15, -0.1) is 0 Å². The molecule has 0 unspecified atom stereocenters. The molecule has 0 fully saturated rings. The summed E-state index contributed by atoms with van der Waals surface area (Å²) in [6.45, 7) is 0.0937. The molecule has 0 saturated heterocycles. The van der Waals surface area contributed by atoms with E-state index < -0.39 is 29.3 Å². The lowest BCUT2D eigenvalue weighted by atomic mass is 9.92. The van der Waals surface area contributed by atoms with Crippen LogP contribution in [-0.2, 0) is 19.2 Å². The second-order valence-electron chi connectivity index (χ2n) is 11.6. The third kappa shape index (κ3) is 14.0. The topological polar surface area (TPSA) is 186 Å². The molecule has 0 aliphatic heterocycles. The molecule has 0 atom stereocenters. The van der Waals surface area contributed by atoms with Crippen LogP contribution in [0, 0.1) is 5.41 Å². The molecular formula is C41H36O12. The zero-order valence-corrected chi connectivity index (χ0v) is 28.2. The molecular weight excluding hydrogens is 684 g/mol. The average molecular weight is 721 g/mol. The predicted molar refractivity (Wildman–Crippen MR) is 197 cm³/mol. The number of carbonyl (C=O) groups is 4. The fraction of sp³-hybridized carbons (Fsp3) is 0.122. The van der Waals surface area contributed by atoms with Gasteiger partial charge in [0.05, 0.1) is 0 Å². The van der Waals surface area contributed by atoms with Crippen LogP contribution < -0.4 is 18.9 Å². The van der Waals surface area contributed by atoms with Crippen molar-refractivity contribution in [1.82, 2.24) is 0 Å². The molecule has 0 radical (unpaired) electrons. The predicted octanol–water partition coefficient (Wildman–Crippen LogP) is 6.68. The number of hydrogen-bond acceptors (Lipinski definition) is 8. The van der Waals surface area contributed by atoms with Gasteiger partial charge in [-0.1, -0.05) is 48.5 Å². The van der Waals surface area contributed by atoms with Crippen LogP contribution in [0.1, 0.15) is 22.3 Å². The monoisotopic (exact) mass is 720 g/mol. The molecule has 0 heterocycles. The number of carboxylic acid groups (broad SMARTS) is 4. The maximum atomic E-state index is 10.9. The van der Waals surface area contributed by atoms with Gasteiger partial charge >= 0.3 is 23.9 Å². The smallest absolute Gasteiger partial charge is 0.328 e. The number of aliphatic carboxylic acids is 4. The SMILES string of the molecule is O=C(O)/C=C/c1ccc(OCC(COc2ccc(/C=C/C(=O)O)cc2)(COc2ccc(/C=C/C(=O)O)cc2)COc2ccc(/C=C/C(=O)O)cc2)cc1. The van der Waals surface area contributed by atoms with Gasteiger partial charge in [-0.25, -0.2) is 19.2 Å². The van der Waals surface area contributed by atoms with Gasteiger partial charge in [0.1, 0.15) is 54.8 Å². The molecule has 4 aromatic carbocycles. The molecule has 4 rings (SSSR count). The van der Waals surface area contributed by atoms with Gasteiger partial charge in [0, 0.05) is 24.3 Å². The summed E-state index contributed by atoms with van der Waals surface area (Å²) in [5.41, 5.74) is 1.64. The first-order valence-corrected chi connectivity index (χ1v) is 16.0. The summed E-state index contributed by atoms with van der Waals surface area (Å²) in [5, 5.41) is 35.8. The Morgan fingerprint density at radius 3 is 0.736 bits per heavy atom. The molecule has 272 valence electrons. The third-order valence-corrected chi connectivity index (χ3v) is 7.37. The fourth-order valence-corrected chi connectivity index (χ4v) is 4.57. The Balaban J connectivity index is 1.62. The minimum absolute atomic E-state index is 0.0234. The van der Waals surface area contributed by atoms with Crippen LogP contribution in [0.3, 0.4) is 0 Å². The first kappa shape index (κ1) is 38.7. The standard InChI is InChI=1S/C41H36O12/c42-37(43)21-9-29-1-13-33(14-2-29)50-25-41(26-51-34-15-3-30(4-16-34)10-22-38(44)45,27-52-35-17-5-31(6-18-35)11-23-39(46)47)28-53-36-19-7-32(8-20-36)12-24-40(48)49/h1-24H,25-28H2,(H,42,43)(H,44,45)(H,46,47)(H,48,49)/b21-9+,22-10+,23-11+,24-12+. The molecule has 0 aliphatic rings. The van der Waals surface area contributed by atoms with Gasteiger partial charge < -0.3 is 39.4 Å². The first-order valence-electron chi connectivity index (χ1n) is 16.0. The minimum atomic E-state index is -1.07. The Kier molecular flexibility index (Phi) is 14.1. The van der Waals surface area contributed by atoms with Crippen LogP contribution in [0.5, 0.6) is 23.0 Å². The van der Waals surface area contributed by atoms with Crippen LogP contribution in [0.15, 0.2) is 121 Å². The van der Waals surface area contributed by atoms with Crippen molar-refractivity contribution in [2.24, 2.45) is 5.41 Å². The molecule has 12 nitrogen and oxygen atoms in total. The van der Waals surface area contributed by atoms with Crippen LogP contribution in [-0.4, -0.2) is 70.7 Å². The molecule has 0 aromatic heterocycles.